The van der Waals surface area contributed by atoms with Crippen LogP contribution in [-0.2, 0) is 4.79 Å². The van der Waals surface area contributed by atoms with E-state index >= 15 is 0 Å². The summed E-state index contributed by atoms with van der Waals surface area (Å²) >= 11 is 0. The topological polar surface area (TPSA) is 86.8 Å². The van der Waals surface area contributed by atoms with E-state index in [0.29, 0.717) is 42.3 Å². The van der Waals surface area contributed by atoms with Crippen LogP contribution in [0.3, 0.4) is 0 Å². The highest BCUT2D eigenvalue weighted by molar-refractivity contribution is 6.09. The first-order valence-corrected chi connectivity index (χ1v) is 8.52. The first kappa shape index (κ1) is 17.5. The zero-order chi connectivity index (χ0) is 19.2. The number of fused-ring (bicyclic) bond motifs is 3. The lowest BCUT2D eigenvalue weighted by atomic mass is 10.2. The molecule has 27 heavy (non-hydrogen) atoms. The van der Waals surface area contributed by atoms with Gasteiger partial charge < -0.3 is 15.2 Å². The molecule has 3 aromatic heterocycles. The van der Waals surface area contributed by atoms with E-state index in [-0.39, 0.29) is 6.04 Å². The number of hydrogen-bond donors (Lipinski definition) is 2. The van der Waals surface area contributed by atoms with E-state index in [4.69, 9.17) is 0 Å². The second kappa shape index (κ2) is 6.36. The highest BCUT2D eigenvalue weighted by Gasteiger charge is 2.33. The van der Waals surface area contributed by atoms with E-state index in [1.54, 1.807) is 19.3 Å². The number of H-pyrrole nitrogens is 1. The van der Waals surface area contributed by atoms with Crippen LogP contribution in [0.4, 0.5) is 19.0 Å². The lowest BCUT2D eigenvalue weighted by Gasteiger charge is -2.20. The van der Waals surface area contributed by atoms with Crippen LogP contribution in [-0.4, -0.2) is 51.2 Å². The Bertz CT molecular complexity index is 1010. The Balaban J connectivity index is 1.62. The summed E-state index contributed by atoms with van der Waals surface area (Å²) in [4.78, 5) is 29.9. The normalized spacial score (nSPS) is 17.8. The van der Waals surface area contributed by atoms with Gasteiger partial charge >= 0.3 is 6.18 Å². The fourth-order valence-corrected chi connectivity index (χ4v) is 3.49. The van der Waals surface area contributed by atoms with Gasteiger partial charge in [-0.1, -0.05) is 0 Å². The summed E-state index contributed by atoms with van der Waals surface area (Å²) in [5.41, 5.74) is 1.42. The minimum Gasteiger partial charge on any atom is -0.354 e. The van der Waals surface area contributed by atoms with Crippen LogP contribution in [0.5, 0.6) is 0 Å². The zero-order valence-corrected chi connectivity index (χ0v) is 14.5. The molecule has 1 fully saturated rings. The summed E-state index contributed by atoms with van der Waals surface area (Å²) in [6.07, 6.45) is -1.96. The molecule has 4 rings (SSSR count). The maximum absolute atomic E-state index is 12.4. The average molecular weight is 378 g/mol. The van der Waals surface area contributed by atoms with Gasteiger partial charge in [0.2, 0.25) is 5.91 Å². The maximum atomic E-state index is 12.4. The number of amides is 1. The SMILES string of the molecule is Cc1nc(N2CCC(NC(=O)CC(F)(F)F)C2)c2c(cnc3[nH]ccc32)n1. The summed E-state index contributed by atoms with van der Waals surface area (Å²) < 4.78 is 37.1. The van der Waals surface area contributed by atoms with Gasteiger partial charge in [0.15, 0.2) is 0 Å². The molecule has 0 bridgehead atoms. The van der Waals surface area contributed by atoms with E-state index in [9.17, 15) is 18.0 Å². The number of alkyl halides is 3. The third kappa shape index (κ3) is 3.51. The molecule has 0 spiro atoms. The number of aromatic nitrogens is 4. The first-order valence-electron chi connectivity index (χ1n) is 8.52. The number of rotatable bonds is 3. The second-order valence-electron chi connectivity index (χ2n) is 6.64. The van der Waals surface area contributed by atoms with Crippen molar-refractivity contribution in [2.45, 2.75) is 32.0 Å². The van der Waals surface area contributed by atoms with Crippen LogP contribution in [0, 0.1) is 6.92 Å². The number of anilines is 1. The Hall–Kier alpha value is -2.91. The van der Waals surface area contributed by atoms with E-state index in [1.807, 2.05) is 11.0 Å². The van der Waals surface area contributed by atoms with Gasteiger partial charge in [-0.05, 0) is 19.4 Å². The lowest BCUT2D eigenvalue weighted by Crippen LogP contribution is -2.39. The maximum Gasteiger partial charge on any atom is 0.397 e. The van der Waals surface area contributed by atoms with Gasteiger partial charge in [-0.25, -0.2) is 15.0 Å². The van der Waals surface area contributed by atoms with Crippen LogP contribution < -0.4 is 10.2 Å². The Morgan fingerprint density at radius 2 is 2.22 bits per heavy atom. The van der Waals surface area contributed by atoms with Gasteiger partial charge in [0.1, 0.15) is 23.7 Å². The predicted molar refractivity (Wildman–Crippen MR) is 93.4 cm³/mol. The Morgan fingerprint density at radius 3 is 3.00 bits per heavy atom. The number of aryl methyl sites for hydroxylation is 1. The molecule has 3 aromatic rings. The van der Waals surface area contributed by atoms with Crippen molar-refractivity contribution >= 4 is 33.7 Å². The molecule has 2 N–H and O–H groups in total. The van der Waals surface area contributed by atoms with Gasteiger partial charge in [0, 0.05) is 30.7 Å². The minimum absolute atomic E-state index is 0.353. The minimum atomic E-state index is -4.50. The van der Waals surface area contributed by atoms with Gasteiger partial charge in [0.05, 0.1) is 17.1 Å². The summed E-state index contributed by atoms with van der Waals surface area (Å²) in [7, 11) is 0. The molecule has 142 valence electrons. The molecule has 1 aliphatic rings. The zero-order valence-electron chi connectivity index (χ0n) is 14.5. The Labute approximate surface area is 152 Å². The van der Waals surface area contributed by atoms with Gasteiger partial charge in [-0.3, -0.25) is 4.79 Å². The third-order valence-corrected chi connectivity index (χ3v) is 4.55. The van der Waals surface area contributed by atoms with Crippen molar-refractivity contribution in [2.75, 3.05) is 18.0 Å². The molecule has 1 amide bonds. The standard InChI is InChI=1S/C17H17F3N6O/c1-9-23-12-7-22-15-11(2-4-21-15)14(12)16(24-9)26-5-3-10(8-26)25-13(27)6-17(18,19)20/h2,4,7,10H,3,5-6,8H2,1H3,(H,21,22)(H,25,27). The Morgan fingerprint density at radius 1 is 1.41 bits per heavy atom. The average Bonchev–Trinajstić information content (AvgIpc) is 3.20. The number of hydrogen-bond acceptors (Lipinski definition) is 5. The number of pyridine rings is 1. The monoisotopic (exact) mass is 378 g/mol. The number of halogens is 3. The van der Waals surface area contributed by atoms with E-state index in [2.05, 4.69) is 25.3 Å². The molecule has 4 heterocycles. The molecular formula is C17H17F3N6O. The molecule has 1 aliphatic heterocycles. The van der Waals surface area contributed by atoms with Crippen LogP contribution in [0.15, 0.2) is 18.5 Å². The summed E-state index contributed by atoms with van der Waals surface area (Å²) in [6.45, 7) is 2.75. The molecule has 7 nitrogen and oxygen atoms in total. The quantitative estimate of drug-likeness (QED) is 0.731. The summed E-state index contributed by atoms with van der Waals surface area (Å²) in [6, 6.07) is 1.54. The van der Waals surface area contributed by atoms with Crippen LogP contribution in [0.25, 0.3) is 21.9 Å². The molecule has 1 atom stereocenters. The number of carbonyl (C=O) groups excluding carboxylic acids is 1. The number of aromatic amines is 1. The summed E-state index contributed by atoms with van der Waals surface area (Å²) in [5, 5.41) is 4.19. The van der Waals surface area contributed by atoms with Crippen LogP contribution in [0.1, 0.15) is 18.7 Å². The summed E-state index contributed by atoms with van der Waals surface area (Å²) in [5.74, 6) is 0.283. The molecule has 1 unspecified atom stereocenters. The molecule has 0 aliphatic carbocycles. The molecular weight excluding hydrogens is 361 g/mol. The molecule has 1 saturated heterocycles. The number of carbonyl (C=O) groups is 1. The van der Waals surface area contributed by atoms with Crippen LogP contribution in [0.2, 0.25) is 0 Å². The largest absolute Gasteiger partial charge is 0.397 e. The van der Waals surface area contributed by atoms with E-state index < -0.39 is 18.5 Å². The van der Waals surface area contributed by atoms with E-state index in [1.165, 1.54) is 0 Å². The van der Waals surface area contributed by atoms with Crippen molar-refractivity contribution < 1.29 is 18.0 Å². The molecule has 0 radical (unpaired) electrons. The highest BCUT2D eigenvalue weighted by Crippen LogP contribution is 2.32. The lowest BCUT2D eigenvalue weighted by molar-refractivity contribution is -0.154. The van der Waals surface area contributed by atoms with E-state index in [0.717, 1.165) is 10.8 Å². The fourth-order valence-electron chi connectivity index (χ4n) is 3.49. The van der Waals surface area contributed by atoms with Crippen molar-refractivity contribution in [2.24, 2.45) is 0 Å². The highest BCUT2D eigenvalue weighted by atomic mass is 19.4. The van der Waals surface area contributed by atoms with Crippen LogP contribution >= 0.6 is 0 Å². The fraction of sp³-hybridized carbons (Fsp3) is 0.412. The number of nitrogens with zero attached hydrogens (tertiary/aromatic N) is 4. The second-order valence-corrected chi connectivity index (χ2v) is 6.64. The number of nitrogens with one attached hydrogen (secondary N) is 2. The third-order valence-electron chi connectivity index (χ3n) is 4.55. The van der Waals surface area contributed by atoms with Gasteiger partial charge in [-0.15, -0.1) is 0 Å². The Kier molecular flexibility index (Phi) is 4.12. The van der Waals surface area contributed by atoms with Crippen molar-refractivity contribution in [3.63, 3.8) is 0 Å². The van der Waals surface area contributed by atoms with Gasteiger partial charge in [0.25, 0.3) is 0 Å². The van der Waals surface area contributed by atoms with Gasteiger partial charge in [-0.2, -0.15) is 13.2 Å². The smallest absolute Gasteiger partial charge is 0.354 e. The van der Waals surface area contributed by atoms with Crippen molar-refractivity contribution in [3.05, 3.63) is 24.3 Å². The molecule has 0 saturated carbocycles. The first-order chi connectivity index (χ1) is 12.8. The molecule has 0 aromatic carbocycles. The van der Waals surface area contributed by atoms with Crippen molar-refractivity contribution in [3.8, 4) is 0 Å². The predicted octanol–water partition coefficient (Wildman–Crippen LogP) is 2.46. The van der Waals surface area contributed by atoms with Crippen molar-refractivity contribution in [1.29, 1.82) is 0 Å². The molecule has 10 heteroatoms. The van der Waals surface area contributed by atoms with Crippen molar-refractivity contribution in [1.82, 2.24) is 25.3 Å².